The van der Waals surface area contributed by atoms with Crippen LogP contribution in [0.15, 0.2) is 59.8 Å². The fourth-order valence-electron chi connectivity index (χ4n) is 3.39. The number of hydrogen-bond acceptors (Lipinski definition) is 4. The van der Waals surface area contributed by atoms with E-state index in [4.69, 9.17) is 11.6 Å². The van der Waals surface area contributed by atoms with Gasteiger partial charge in [-0.2, -0.15) is 5.10 Å². The zero-order chi connectivity index (χ0) is 21.3. The smallest absolute Gasteiger partial charge is 0.264 e. The molecule has 0 fully saturated rings. The van der Waals surface area contributed by atoms with Crippen molar-refractivity contribution < 1.29 is 4.79 Å². The first-order valence-electron chi connectivity index (χ1n) is 9.55. The molecule has 0 aliphatic carbocycles. The molecule has 152 valence electrons. The SMILES string of the molecule is CCc1cccc(C)c1NC(=O)Cn1cnc2c(cnn2-c2cccc(Cl)c2)c1=O. The summed E-state index contributed by atoms with van der Waals surface area (Å²) in [5.41, 5.74) is 3.60. The first kappa shape index (κ1) is 19.8. The summed E-state index contributed by atoms with van der Waals surface area (Å²) in [6.45, 7) is 3.84. The van der Waals surface area contributed by atoms with E-state index in [9.17, 15) is 9.59 Å². The maximum Gasteiger partial charge on any atom is 0.264 e. The van der Waals surface area contributed by atoms with Crippen molar-refractivity contribution in [3.05, 3.63) is 81.5 Å². The molecule has 7 nitrogen and oxygen atoms in total. The van der Waals surface area contributed by atoms with Crippen molar-refractivity contribution in [3.8, 4) is 5.69 Å². The summed E-state index contributed by atoms with van der Waals surface area (Å²) in [5.74, 6) is -0.288. The van der Waals surface area contributed by atoms with E-state index in [1.54, 1.807) is 22.9 Å². The van der Waals surface area contributed by atoms with E-state index in [2.05, 4.69) is 15.4 Å². The predicted molar refractivity (Wildman–Crippen MR) is 117 cm³/mol. The maximum absolute atomic E-state index is 12.9. The van der Waals surface area contributed by atoms with Crippen molar-refractivity contribution in [1.82, 2.24) is 19.3 Å². The van der Waals surface area contributed by atoms with Crippen LogP contribution in [-0.2, 0) is 17.8 Å². The van der Waals surface area contributed by atoms with Crippen molar-refractivity contribution in [1.29, 1.82) is 0 Å². The van der Waals surface area contributed by atoms with E-state index < -0.39 is 0 Å². The van der Waals surface area contributed by atoms with Gasteiger partial charge in [-0.3, -0.25) is 14.2 Å². The van der Waals surface area contributed by atoms with E-state index in [1.165, 1.54) is 17.1 Å². The number of aromatic nitrogens is 4. The van der Waals surface area contributed by atoms with E-state index >= 15 is 0 Å². The van der Waals surface area contributed by atoms with Crippen LogP contribution in [0.4, 0.5) is 5.69 Å². The molecule has 0 bridgehead atoms. The van der Waals surface area contributed by atoms with Crippen LogP contribution in [0.2, 0.25) is 5.02 Å². The molecular formula is C22H20ClN5O2. The Morgan fingerprint density at radius 2 is 2.00 bits per heavy atom. The molecule has 30 heavy (non-hydrogen) atoms. The summed E-state index contributed by atoms with van der Waals surface area (Å²) < 4.78 is 2.83. The highest BCUT2D eigenvalue weighted by Crippen LogP contribution is 2.21. The normalized spacial score (nSPS) is 11.0. The number of rotatable bonds is 5. The van der Waals surface area contributed by atoms with Crippen molar-refractivity contribution in [2.75, 3.05) is 5.32 Å². The van der Waals surface area contributed by atoms with E-state index in [0.29, 0.717) is 21.7 Å². The number of para-hydroxylation sites is 1. The topological polar surface area (TPSA) is 81.8 Å². The first-order chi connectivity index (χ1) is 14.5. The van der Waals surface area contributed by atoms with Crippen molar-refractivity contribution >= 4 is 34.2 Å². The lowest BCUT2D eigenvalue weighted by molar-refractivity contribution is -0.116. The molecule has 1 amide bonds. The molecule has 0 radical (unpaired) electrons. The Morgan fingerprint density at radius 1 is 1.20 bits per heavy atom. The van der Waals surface area contributed by atoms with Crippen LogP contribution < -0.4 is 10.9 Å². The molecule has 8 heteroatoms. The number of halogens is 1. The number of anilines is 1. The number of benzene rings is 2. The number of carbonyl (C=O) groups is 1. The van der Waals surface area contributed by atoms with Gasteiger partial charge in [0.15, 0.2) is 5.65 Å². The second kappa shape index (κ2) is 8.12. The van der Waals surface area contributed by atoms with Gasteiger partial charge < -0.3 is 5.32 Å². The van der Waals surface area contributed by atoms with Crippen LogP contribution in [0.3, 0.4) is 0 Å². The van der Waals surface area contributed by atoms with Gasteiger partial charge in [-0.15, -0.1) is 0 Å². The highest BCUT2D eigenvalue weighted by atomic mass is 35.5. The minimum absolute atomic E-state index is 0.137. The summed E-state index contributed by atoms with van der Waals surface area (Å²) in [6, 6.07) is 13.0. The van der Waals surface area contributed by atoms with Gasteiger partial charge >= 0.3 is 0 Å². The third kappa shape index (κ3) is 3.71. The number of carbonyl (C=O) groups excluding carboxylic acids is 1. The van der Waals surface area contributed by atoms with Crippen LogP contribution >= 0.6 is 11.6 Å². The van der Waals surface area contributed by atoms with Crippen LogP contribution in [0.5, 0.6) is 0 Å². The monoisotopic (exact) mass is 421 g/mol. The van der Waals surface area contributed by atoms with E-state index in [0.717, 1.165) is 23.2 Å². The van der Waals surface area contributed by atoms with Crippen molar-refractivity contribution in [3.63, 3.8) is 0 Å². The zero-order valence-electron chi connectivity index (χ0n) is 16.6. The van der Waals surface area contributed by atoms with E-state index in [1.807, 2.05) is 38.1 Å². The number of nitrogens with one attached hydrogen (secondary N) is 1. The van der Waals surface area contributed by atoms with Gasteiger partial charge in [-0.05, 0) is 42.7 Å². The molecule has 0 aliphatic heterocycles. The number of hydrogen-bond donors (Lipinski definition) is 1. The summed E-state index contributed by atoms with van der Waals surface area (Å²) >= 11 is 6.05. The molecule has 0 unspecified atom stereocenters. The Labute approximate surface area is 177 Å². The first-order valence-corrected chi connectivity index (χ1v) is 9.93. The number of nitrogens with zero attached hydrogens (tertiary/aromatic N) is 4. The molecule has 0 aliphatic rings. The summed E-state index contributed by atoms with van der Waals surface area (Å²) in [5, 5.41) is 8.09. The largest absolute Gasteiger partial charge is 0.324 e. The van der Waals surface area contributed by atoms with Gasteiger partial charge in [0, 0.05) is 10.7 Å². The molecule has 2 heterocycles. The Bertz CT molecular complexity index is 1310. The molecule has 2 aromatic heterocycles. The highest BCUT2D eigenvalue weighted by Gasteiger charge is 2.14. The quantitative estimate of drug-likeness (QED) is 0.532. The third-order valence-corrected chi connectivity index (χ3v) is 5.16. The van der Waals surface area contributed by atoms with Gasteiger partial charge in [0.05, 0.1) is 11.9 Å². The molecule has 1 N–H and O–H groups in total. The maximum atomic E-state index is 12.9. The van der Waals surface area contributed by atoms with Crippen LogP contribution in [-0.4, -0.2) is 25.2 Å². The number of fused-ring (bicyclic) bond motifs is 1. The Kier molecular flexibility index (Phi) is 5.37. The Morgan fingerprint density at radius 3 is 2.77 bits per heavy atom. The lowest BCUT2D eigenvalue weighted by atomic mass is 10.1. The summed E-state index contributed by atoms with van der Waals surface area (Å²) in [7, 11) is 0. The lowest BCUT2D eigenvalue weighted by Crippen LogP contribution is -2.28. The highest BCUT2D eigenvalue weighted by molar-refractivity contribution is 6.30. The van der Waals surface area contributed by atoms with Gasteiger partial charge in [-0.25, -0.2) is 9.67 Å². The van der Waals surface area contributed by atoms with Crippen LogP contribution in [0.25, 0.3) is 16.7 Å². The zero-order valence-corrected chi connectivity index (χ0v) is 17.3. The Hall–Kier alpha value is -3.45. The van der Waals surface area contributed by atoms with Gasteiger partial charge in [0.2, 0.25) is 5.91 Å². The molecule has 2 aromatic carbocycles. The minimum atomic E-state index is -0.330. The second-order valence-electron chi connectivity index (χ2n) is 6.96. The van der Waals surface area contributed by atoms with Crippen molar-refractivity contribution in [2.45, 2.75) is 26.8 Å². The summed E-state index contributed by atoms with van der Waals surface area (Å²) in [6.07, 6.45) is 3.62. The average Bonchev–Trinajstić information content (AvgIpc) is 3.16. The third-order valence-electron chi connectivity index (χ3n) is 4.93. The second-order valence-corrected chi connectivity index (χ2v) is 7.40. The lowest BCUT2D eigenvalue weighted by Gasteiger charge is -2.13. The fraction of sp³-hybridized carbons (Fsp3) is 0.182. The molecule has 4 aromatic rings. The molecule has 4 rings (SSSR count). The minimum Gasteiger partial charge on any atom is -0.324 e. The number of amides is 1. The van der Waals surface area contributed by atoms with Crippen molar-refractivity contribution in [2.24, 2.45) is 0 Å². The van der Waals surface area contributed by atoms with Crippen LogP contribution in [0, 0.1) is 6.92 Å². The number of aryl methyl sites for hydroxylation is 2. The van der Waals surface area contributed by atoms with Gasteiger partial charge in [0.25, 0.3) is 5.56 Å². The van der Waals surface area contributed by atoms with Gasteiger partial charge in [0.1, 0.15) is 18.3 Å². The molecule has 0 saturated heterocycles. The fourth-order valence-corrected chi connectivity index (χ4v) is 3.58. The summed E-state index contributed by atoms with van der Waals surface area (Å²) in [4.78, 5) is 29.9. The average molecular weight is 422 g/mol. The Balaban J connectivity index is 1.63. The molecule has 0 spiro atoms. The molecular weight excluding hydrogens is 402 g/mol. The van der Waals surface area contributed by atoms with Crippen LogP contribution in [0.1, 0.15) is 18.1 Å². The van der Waals surface area contributed by atoms with E-state index in [-0.39, 0.29) is 18.0 Å². The standard InChI is InChI=1S/C22H20ClN5O2/c1-3-15-7-4-6-14(2)20(15)26-19(29)12-27-13-24-21-18(22(27)30)11-25-28(21)17-9-5-8-16(23)10-17/h4-11,13H,3,12H2,1-2H3,(H,26,29). The molecule has 0 atom stereocenters. The molecule has 0 saturated carbocycles. The predicted octanol–water partition coefficient (Wildman–Crippen LogP) is 3.75. The van der Waals surface area contributed by atoms with Gasteiger partial charge in [-0.1, -0.05) is 42.8 Å².